The predicted molar refractivity (Wildman–Crippen MR) is 92.6 cm³/mol. The fourth-order valence-corrected chi connectivity index (χ4v) is 4.07. The van der Waals surface area contributed by atoms with Crippen LogP contribution in [0.2, 0.25) is 10.0 Å². The van der Waals surface area contributed by atoms with Gasteiger partial charge in [-0.25, -0.2) is 4.98 Å². The zero-order valence-electron chi connectivity index (χ0n) is 12.6. The number of aliphatic hydroxyl groups is 1. The molecule has 3 rings (SSSR count). The van der Waals surface area contributed by atoms with Crippen LogP contribution >= 0.6 is 34.5 Å². The highest BCUT2D eigenvalue weighted by Crippen LogP contribution is 2.48. The van der Waals surface area contributed by atoms with Gasteiger partial charge < -0.3 is 9.84 Å². The maximum atomic E-state index is 13.0. The highest BCUT2D eigenvalue weighted by molar-refractivity contribution is 7.11. The van der Waals surface area contributed by atoms with Gasteiger partial charge in [0.05, 0.1) is 49.8 Å². The molecule has 1 aliphatic carbocycles. The van der Waals surface area contributed by atoms with Crippen molar-refractivity contribution in [3.05, 3.63) is 43.8 Å². The number of carbonyl (C=O) groups excluding carboxylic acids is 1. The number of carbonyl (C=O) groups is 1. The third kappa shape index (κ3) is 2.26. The van der Waals surface area contributed by atoms with E-state index in [2.05, 4.69) is 4.98 Å². The van der Waals surface area contributed by atoms with E-state index in [4.69, 9.17) is 27.9 Å². The van der Waals surface area contributed by atoms with Crippen LogP contribution in [-0.4, -0.2) is 23.0 Å². The molecule has 1 N–H and O–H groups in total. The first-order valence-corrected chi connectivity index (χ1v) is 8.39. The monoisotopic (exact) mass is 369 g/mol. The molecule has 1 heterocycles. The van der Waals surface area contributed by atoms with Crippen molar-refractivity contribution in [1.82, 2.24) is 4.98 Å². The standard InChI is InChI=1S/C16H13Cl2NO3S/c1-16(2)14-13(23-6-19-14)11(20)10(15(16)21)9-7(17)4-5-8(18)12(9)22-3/h4-6,20H,1-3H3. The molecule has 0 aliphatic heterocycles. The summed E-state index contributed by atoms with van der Waals surface area (Å²) < 4.78 is 5.32. The Morgan fingerprint density at radius 1 is 1.26 bits per heavy atom. The van der Waals surface area contributed by atoms with E-state index in [0.717, 1.165) is 0 Å². The molecule has 0 amide bonds. The van der Waals surface area contributed by atoms with Crippen LogP contribution < -0.4 is 4.74 Å². The molecule has 1 aromatic carbocycles. The Labute approximate surface area is 147 Å². The number of methoxy groups -OCH3 is 1. The summed E-state index contributed by atoms with van der Waals surface area (Å²) in [6.45, 7) is 3.54. The summed E-state index contributed by atoms with van der Waals surface area (Å²) in [5.41, 5.74) is 1.70. The summed E-state index contributed by atoms with van der Waals surface area (Å²) in [5, 5.41) is 11.3. The summed E-state index contributed by atoms with van der Waals surface area (Å²) in [7, 11) is 1.44. The van der Waals surface area contributed by atoms with Crippen LogP contribution in [0, 0.1) is 0 Å². The van der Waals surface area contributed by atoms with E-state index >= 15 is 0 Å². The molecule has 120 valence electrons. The third-order valence-electron chi connectivity index (χ3n) is 3.92. The molecule has 0 saturated heterocycles. The summed E-state index contributed by atoms with van der Waals surface area (Å²) in [5.74, 6) is -0.164. The lowest BCUT2D eigenvalue weighted by atomic mass is 9.74. The van der Waals surface area contributed by atoms with Crippen LogP contribution in [0.4, 0.5) is 0 Å². The molecule has 7 heteroatoms. The number of hydrogen-bond donors (Lipinski definition) is 1. The van der Waals surface area contributed by atoms with E-state index in [0.29, 0.717) is 21.2 Å². The van der Waals surface area contributed by atoms with E-state index in [1.807, 2.05) is 0 Å². The topological polar surface area (TPSA) is 59.4 Å². The van der Waals surface area contributed by atoms with Crippen LogP contribution in [0.3, 0.4) is 0 Å². The minimum atomic E-state index is -0.881. The molecular weight excluding hydrogens is 357 g/mol. The second kappa shape index (κ2) is 5.51. The van der Waals surface area contributed by atoms with Crippen molar-refractivity contribution in [3.63, 3.8) is 0 Å². The zero-order valence-corrected chi connectivity index (χ0v) is 14.9. The Morgan fingerprint density at radius 2 is 1.91 bits per heavy atom. The Morgan fingerprint density at radius 3 is 2.57 bits per heavy atom. The van der Waals surface area contributed by atoms with Crippen molar-refractivity contribution in [2.45, 2.75) is 19.3 Å². The van der Waals surface area contributed by atoms with E-state index in [1.54, 1.807) is 31.5 Å². The summed E-state index contributed by atoms with van der Waals surface area (Å²) in [4.78, 5) is 17.8. The summed E-state index contributed by atoms with van der Waals surface area (Å²) in [6.07, 6.45) is 0. The average molecular weight is 370 g/mol. The summed E-state index contributed by atoms with van der Waals surface area (Å²) in [6, 6.07) is 3.16. The number of ketones is 1. The van der Waals surface area contributed by atoms with Crippen LogP contribution in [0.5, 0.6) is 5.75 Å². The number of nitrogens with zero attached hydrogens (tertiary/aromatic N) is 1. The number of Topliss-reactive ketones (excluding diaryl/α,β-unsaturated/α-hetero) is 1. The molecule has 0 saturated carbocycles. The zero-order chi connectivity index (χ0) is 16.9. The number of aliphatic hydroxyl groups excluding tert-OH is 1. The lowest BCUT2D eigenvalue weighted by Gasteiger charge is -2.29. The van der Waals surface area contributed by atoms with Crippen molar-refractivity contribution < 1.29 is 14.6 Å². The molecule has 1 aromatic heterocycles. The van der Waals surface area contributed by atoms with Gasteiger partial charge in [-0.05, 0) is 26.0 Å². The number of rotatable bonds is 2. The second-order valence-corrected chi connectivity index (χ2v) is 7.31. The van der Waals surface area contributed by atoms with Gasteiger partial charge in [-0.2, -0.15) is 0 Å². The molecule has 0 radical (unpaired) electrons. The minimum Gasteiger partial charge on any atom is -0.506 e. The van der Waals surface area contributed by atoms with Crippen molar-refractivity contribution in [2.75, 3.05) is 7.11 Å². The summed E-state index contributed by atoms with van der Waals surface area (Å²) >= 11 is 13.7. The lowest BCUT2D eigenvalue weighted by Crippen LogP contribution is -2.34. The number of aromatic nitrogens is 1. The van der Waals surface area contributed by atoms with E-state index in [-0.39, 0.29) is 27.9 Å². The third-order valence-corrected chi connectivity index (χ3v) is 5.36. The normalized spacial score (nSPS) is 16.5. The number of fused-ring (bicyclic) bond motifs is 1. The molecule has 0 spiro atoms. The fraction of sp³-hybridized carbons (Fsp3) is 0.250. The molecule has 0 atom stereocenters. The van der Waals surface area contributed by atoms with Crippen molar-refractivity contribution in [2.24, 2.45) is 0 Å². The molecule has 23 heavy (non-hydrogen) atoms. The van der Waals surface area contributed by atoms with E-state index in [9.17, 15) is 9.90 Å². The molecule has 0 unspecified atom stereocenters. The van der Waals surface area contributed by atoms with E-state index in [1.165, 1.54) is 18.4 Å². The number of thiazole rings is 1. The Hall–Kier alpha value is -1.56. The number of ether oxygens (including phenoxy) is 1. The van der Waals surface area contributed by atoms with Gasteiger partial charge in [-0.15, -0.1) is 11.3 Å². The minimum absolute atomic E-state index is 0.108. The Bertz CT molecular complexity index is 855. The lowest BCUT2D eigenvalue weighted by molar-refractivity contribution is -0.118. The van der Waals surface area contributed by atoms with Gasteiger partial charge in [-0.1, -0.05) is 23.2 Å². The molecule has 0 fully saturated rings. The number of halogens is 2. The Balaban J connectivity index is 2.40. The van der Waals surface area contributed by atoms with Gasteiger partial charge in [0.15, 0.2) is 5.78 Å². The van der Waals surface area contributed by atoms with Crippen molar-refractivity contribution in [1.29, 1.82) is 0 Å². The van der Waals surface area contributed by atoms with Gasteiger partial charge in [0, 0.05) is 0 Å². The molecular formula is C16H13Cl2NO3S. The highest BCUT2D eigenvalue weighted by atomic mass is 35.5. The first-order valence-electron chi connectivity index (χ1n) is 6.75. The maximum Gasteiger partial charge on any atom is 0.179 e. The van der Waals surface area contributed by atoms with Crippen LogP contribution in [0.1, 0.15) is 30.0 Å². The van der Waals surface area contributed by atoms with Gasteiger partial charge >= 0.3 is 0 Å². The number of hydrogen-bond acceptors (Lipinski definition) is 5. The molecule has 1 aliphatic rings. The second-order valence-electron chi connectivity index (χ2n) is 5.65. The van der Waals surface area contributed by atoms with Gasteiger partial charge in [0.2, 0.25) is 0 Å². The number of benzene rings is 1. The van der Waals surface area contributed by atoms with Gasteiger partial charge in [0.1, 0.15) is 11.5 Å². The van der Waals surface area contributed by atoms with Crippen molar-refractivity contribution in [3.8, 4) is 5.75 Å². The molecule has 4 nitrogen and oxygen atoms in total. The largest absolute Gasteiger partial charge is 0.506 e. The molecule has 0 bridgehead atoms. The van der Waals surface area contributed by atoms with Gasteiger partial charge in [0.25, 0.3) is 0 Å². The van der Waals surface area contributed by atoms with Crippen LogP contribution in [-0.2, 0) is 10.2 Å². The fourth-order valence-electron chi connectivity index (χ4n) is 2.70. The number of allylic oxidation sites excluding steroid dienone is 1. The maximum absolute atomic E-state index is 13.0. The van der Waals surface area contributed by atoms with Crippen molar-refractivity contribution >= 4 is 51.7 Å². The first-order chi connectivity index (χ1) is 10.8. The average Bonchev–Trinajstić information content (AvgIpc) is 3.00. The highest BCUT2D eigenvalue weighted by Gasteiger charge is 2.44. The smallest absolute Gasteiger partial charge is 0.179 e. The first kappa shape index (κ1) is 16.3. The predicted octanol–water partition coefficient (Wildman–Crippen LogP) is 4.75. The van der Waals surface area contributed by atoms with Gasteiger partial charge in [-0.3, -0.25) is 4.79 Å². The Kier molecular flexibility index (Phi) is 3.91. The SMILES string of the molecule is COc1c(Cl)ccc(Cl)c1C1=C(O)c2scnc2C(C)(C)C1=O. The molecule has 2 aromatic rings. The quantitative estimate of drug-likeness (QED) is 0.829. The van der Waals surface area contributed by atoms with Crippen LogP contribution in [0.15, 0.2) is 17.6 Å². The van der Waals surface area contributed by atoms with E-state index < -0.39 is 5.41 Å². The van der Waals surface area contributed by atoms with Crippen LogP contribution in [0.25, 0.3) is 11.3 Å².